The van der Waals surface area contributed by atoms with Gasteiger partial charge in [-0.05, 0) is 24.3 Å². The Bertz CT molecular complexity index is 689. The minimum atomic E-state index is -3.46. The molecule has 3 rings (SSSR count). The van der Waals surface area contributed by atoms with Crippen molar-refractivity contribution in [2.75, 3.05) is 36.8 Å². The Morgan fingerprint density at radius 3 is 2.33 bits per heavy atom. The van der Waals surface area contributed by atoms with Crippen molar-refractivity contribution in [2.24, 2.45) is 0 Å². The summed E-state index contributed by atoms with van der Waals surface area (Å²) in [4.78, 5) is 8.58. The molecule has 1 aliphatic rings. The number of rotatable bonds is 3. The summed E-state index contributed by atoms with van der Waals surface area (Å²) in [5, 5.41) is 0.142. The maximum absolute atomic E-state index is 12.4. The van der Waals surface area contributed by atoms with Crippen LogP contribution in [0.4, 0.5) is 11.4 Å². The minimum absolute atomic E-state index is 0.142. The van der Waals surface area contributed by atoms with Crippen LogP contribution in [-0.4, -0.2) is 48.9 Å². The molecule has 112 valence electrons. The lowest BCUT2D eigenvalue weighted by Gasteiger charge is -2.35. The zero-order valence-corrected chi connectivity index (χ0v) is 12.3. The first-order valence-electron chi connectivity index (χ1n) is 6.66. The molecule has 1 aliphatic heterocycles. The average Bonchev–Trinajstić information content (AvgIpc) is 3.03. The number of nitrogens with zero attached hydrogens (tertiary/aromatic N) is 3. The molecule has 0 spiro atoms. The minimum Gasteiger partial charge on any atom is -0.399 e. The Morgan fingerprint density at radius 2 is 1.76 bits per heavy atom. The fourth-order valence-electron chi connectivity index (χ4n) is 2.40. The third kappa shape index (κ3) is 2.72. The molecule has 8 heteroatoms. The summed E-state index contributed by atoms with van der Waals surface area (Å²) in [6.07, 6.45) is 2.71. The smallest absolute Gasteiger partial charge is 0.260 e. The maximum Gasteiger partial charge on any atom is 0.260 e. The summed E-state index contributed by atoms with van der Waals surface area (Å²) >= 11 is 0. The van der Waals surface area contributed by atoms with E-state index in [1.807, 2.05) is 24.3 Å². The number of anilines is 2. The second kappa shape index (κ2) is 5.38. The van der Waals surface area contributed by atoms with Crippen molar-refractivity contribution in [2.45, 2.75) is 5.03 Å². The number of benzene rings is 1. The summed E-state index contributed by atoms with van der Waals surface area (Å²) < 4.78 is 26.2. The van der Waals surface area contributed by atoms with E-state index in [2.05, 4.69) is 14.9 Å². The molecule has 0 unspecified atom stereocenters. The van der Waals surface area contributed by atoms with E-state index in [4.69, 9.17) is 5.73 Å². The van der Waals surface area contributed by atoms with Crippen molar-refractivity contribution in [3.63, 3.8) is 0 Å². The number of sulfonamides is 1. The van der Waals surface area contributed by atoms with Crippen LogP contribution in [0.25, 0.3) is 0 Å². The van der Waals surface area contributed by atoms with Gasteiger partial charge in [-0.3, -0.25) is 0 Å². The predicted molar refractivity (Wildman–Crippen MR) is 80.4 cm³/mol. The summed E-state index contributed by atoms with van der Waals surface area (Å²) in [6.45, 7) is 2.20. The fraction of sp³-hybridized carbons (Fsp3) is 0.308. The molecule has 0 atom stereocenters. The summed E-state index contributed by atoms with van der Waals surface area (Å²) in [5.41, 5.74) is 7.45. The van der Waals surface area contributed by atoms with Gasteiger partial charge in [-0.15, -0.1) is 0 Å². The number of piperazine rings is 1. The molecule has 1 fully saturated rings. The standard InChI is InChI=1S/C13H17N5O2S/c14-11-1-3-12(4-2-11)17-5-7-18(8-6-17)21(19,20)13-9-15-10-16-13/h1-4,9-10H,5-8,14H2,(H,15,16). The fourth-order valence-corrected chi connectivity index (χ4v) is 3.71. The highest BCUT2D eigenvalue weighted by Gasteiger charge is 2.29. The van der Waals surface area contributed by atoms with E-state index in [1.54, 1.807) is 0 Å². The Hall–Kier alpha value is -2.06. The van der Waals surface area contributed by atoms with Gasteiger partial charge in [0, 0.05) is 37.6 Å². The van der Waals surface area contributed by atoms with Crippen LogP contribution in [-0.2, 0) is 10.0 Å². The third-order valence-electron chi connectivity index (χ3n) is 3.59. The van der Waals surface area contributed by atoms with Crippen LogP contribution >= 0.6 is 0 Å². The highest BCUT2D eigenvalue weighted by atomic mass is 32.2. The van der Waals surface area contributed by atoms with Gasteiger partial charge in [0.15, 0.2) is 5.03 Å². The largest absolute Gasteiger partial charge is 0.399 e. The van der Waals surface area contributed by atoms with E-state index < -0.39 is 10.0 Å². The maximum atomic E-state index is 12.4. The second-order valence-electron chi connectivity index (χ2n) is 4.90. The Kier molecular flexibility index (Phi) is 3.56. The lowest BCUT2D eigenvalue weighted by Crippen LogP contribution is -2.48. The van der Waals surface area contributed by atoms with Crippen LogP contribution in [0.3, 0.4) is 0 Å². The number of hydrogen-bond donors (Lipinski definition) is 2. The van der Waals surface area contributed by atoms with Crippen molar-refractivity contribution < 1.29 is 8.42 Å². The van der Waals surface area contributed by atoms with Crippen LogP contribution < -0.4 is 10.6 Å². The van der Waals surface area contributed by atoms with Crippen molar-refractivity contribution in [3.05, 3.63) is 36.8 Å². The topological polar surface area (TPSA) is 95.3 Å². The molecular formula is C13H17N5O2S. The predicted octanol–water partition coefficient (Wildman–Crippen LogP) is 0.503. The molecular weight excluding hydrogens is 290 g/mol. The molecule has 21 heavy (non-hydrogen) atoms. The van der Waals surface area contributed by atoms with Crippen molar-refractivity contribution in [3.8, 4) is 0 Å². The second-order valence-corrected chi connectivity index (χ2v) is 6.80. The highest BCUT2D eigenvalue weighted by molar-refractivity contribution is 7.89. The SMILES string of the molecule is Nc1ccc(N2CCN(S(=O)(=O)c3cnc[nH]3)CC2)cc1. The number of aromatic nitrogens is 2. The number of aromatic amines is 1. The van der Waals surface area contributed by atoms with Crippen LogP contribution in [0.2, 0.25) is 0 Å². The molecule has 0 bridgehead atoms. The number of imidazole rings is 1. The number of nitrogens with two attached hydrogens (primary N) is 1. The van der Waals surface area contributed by atoms with Gasteiger partial charge in [-0.25, -0.2) is 13.4 Å². The van der Waals surface area contributed by atoms with Crippen molar-refractivity contribution >= 4 is 21.4 Å². The first-order valence-corrected chi connectivity index (χ1v) is 8.10. The lowest BCUT2D eigenvalue weighted by atomic mass is 10.2. The van der Waals surface area contributed by atoms with Crippen LogP contribution in [0.5, 0.6) is 0 Å². The molecule has 0 saturated carbocycles. The van der Waals surface area contributed by atoms with Crippen molar-refractivity contribution in [1.82, 2.24) is 14.3 Å². The van der Waals surface area contributed by atoms with E-state index >= 15 is 0 Å². The first kappa shape index (κ1) is 13.9. The normalized spacial score (nSPS) is 17.0. The van der Waals surface area contributed by atoms with E-state index in [9.17, 15) is 8.42 Å². The summed E-state index contributed by atoms with van der Waals surface area (Å²) in [6, 6.07) is 7.61. The van der Waals surface area contributed by atoms with Gasteiger partial charge in [0.05, 0.1) is 12.5 Å². The van der Waals surface area contributed by atoms with Crippen LogP contribution in [0, 0.1) is 0 Å². The highest BCUT2D eigenvalue weighted by Crippen LogP contribution is 2.20. The van der Waals surface area contributed by atoms with Gasteiger partial charge in [-0.1, -0.05) is 0 Å². The molecule has 1 aromatic heterocycles. The first-order chi connectivity index (χ1) is 10.1. The molecule has 3 N–H and O–H groups in total. The number of nitrogens with one attached hydrogen (secondary N) is 1. The van der Waals surface area contributed by atoms with Crippen molar-refractivity contribution in [1.29, 1.82) is 0 Å². The van der Waals surface area contributed by atoms with Gasteiger partial charge in [0.2, 0.25) is 0 Å². The quantitative estimate of drug-likeness (QED) is 0.805. The average molecular weight is 307 g/mol. The van der Waals surface area contributed by atoms with E-state index in [0.29, 0.717) is 26.2 Å². The number of hydrogen-bond acceptors (Lipinski definition) is 5. The number of nitrogen functional groups attached to an aromatic ring is 1. The zero-order valence-electron chi connectivity index (χ0n) is 11.4. The monoisotopic (exact) mass is 307 g/mol. The number of H-pyrrole nitrogens is 1. The molecule has 0 radical (unpaired) electrons. The molecule has 7 nitrogen and oxygen atoms in total. The Balaban J connectivity index is 1.69. The summed E-state index contributed by atoms with van der Waals surface area (Å²) in [7, 11) is -3.46. The van der Waals surface area contributed by atoms with E-state index in [-0.39, 0.29) is 5.03 Å². The van der Waals surface area contributed by atoms with E-state index in [0.717, 1.165) is 11.4 Å². The summed E-state index contributed by atoms with van der Waals surface area (Å²) in [5.74, 6) is 0. The van der Waals surface area contributed by atoms with E-state index in [1.165, 1.54) is 16.8 Å². The third-order valence-corrected chi connectivity index (χ3v) is 5.41. The Morgan fingerprint density at radius 1 is 1.10 bits per heavy atom. The molecule has 0 aliphatic carbocycles. The lowest BCUT2D eigenvalue weighted by molar-refractivity contribution is 0.383. The molecule has 1 aromatic carbocycles. The zero-order chi connectivity index (χ0) is 14.9. The van der Waals surface area contributed by atoms with Gasteiger partial charge < -0.3 is 15.6 Å². The Labute approximate surface area is 123 Å². The van der Waals surface area contributed by atoms with Gasteiger partial charge >= 0.3 is 0 Å². The molecule has 1 saturated heterocycles. The van der Waals surface area contributed by atoms with Gasteiger partial charge in [0.1, 0.15) is 0 Å². The van der Waals surface area contributed by atoms with Crippen LogP contribution in [0.1, 0.15) is 0 Å². The van der Waals surface area contributed by atoms with Gasteiger partial charge in [-0.2, -0.15) is 4.31 Å². The molecule has 2 aromatic rings. The van der Waals surface area contributed by atoms with Crippen LogP contribution in [0.15, 0.2) is 41.8 Å². The molecule has 2 heterocycles. The van der Waals surface area contributed by atoms with Gasteiger partial charge in [0.25, 0.3) is 10.0 Å². The molecule has 0 amide bonds.